The number of primary amides is 1. The van der Waals surface area contributed by atoms with Crippen molar-refractivity contribution in [3.63, 3.8) is 0 Å². The number of aryl methyl sites for hydroxylation is 2. The SMILES string of the molecule is CCC(C)(C)NC(=O)[C@@H](c1ccc(O)cc1)N(C(=O)c1snc(C(N)=O)c1N)c1cc(C)cc(C)c1. The lowest BCUT2D eigenvalue weighted by molar-refractivity contribution is -0.124. The van der Waals surface area contributed by atoms with E-state index in [1.165, 1.54) is 17.0 Å². The van der Waals surface area contributed by atoms with Crippen molar-refractivity contribution in [2.45, 2.75) is 52.6 Å². The van der Waals surface area contributed by atoms with Crippen LogP contribution in [-0.4, -0.2) is 32.7 Å². The zero-order chi connectivity index (χ0) is 26.8. The molecule has 10 heteroatoms. The molecule has 1 heterocycles. The van der Waals surface area contributed by atoms with Gasteiger partial charge in [0.25, 0.3) is 11.8 Å². The minimum atomic E-state index is -1.12. The molecule has 6 N–H and O–H groups in total. The Morgan fingerprint density at radius 3 is 2.19 bits per heavy atom. The second kappa shape index (κ2) is 10.4. The van der Waals surface area contributed by atoms with Gasteiger partial charge in [-0.25, -0.2) is 0 Å². The van der Waals surface area contributed by atoms with Crippen LogP contribution in [0.5, 0.6) is 5.75 Å². The molecule has 0 spiro atoms. The molecular formula is C26H31N5O4S. The number of phenolic OH excluding ortho intramolecular Hbond substituents is 1. The van der Waals surface area contributed by atoms with Gasteiger partial charge in [-0.1, -0.05) is 25.1 Å². The molecule has 0 saturated heterocycles. The lowest BCUT2D eigenvalue weighted by atomic mass is 9.97. The van der Waals surface area contributed by atoms with Crippen molar-refractivity contribution >= 4 is 40.6 Å². The van der Waals surface area contributed by atoms with E-state index in [2.05, 4.69) is 9.69 Å². The van der Waals surface area contributed by atoms with E-state index in [-0.39, 0.29) is 22.0 Å². The first-order chi connectivity index (χ1) is 16.8. The van der Waals surface area contributed by atoms with Gasteiger partial charge >= 0.3 is 0 Å². The summed E-state index contributed by atoms with van der Waals surface area (Å²) in [5.41, 5.74) is 13.3. The van der Waals surface area contributed by atoms with Crippen LogP contribution in [0, 0.1) is 13.8 Å². The molecule has 3 aromatic rings. The number of aromatic hydroxyl groups is 1. The summed E-state index contributed by atoms with van der Waals surface area (Å²) in [4.78, 5) is 41.0. The van der Waals surface area contributed by atoms with Gasteiger partial charge < -0.3 is 21.9 Å². The fourth-order valence-electron chi connectivity index (χ4n) is 3.78. The third-order valence-corrected chi connectivity index (χ3v) is 6.77. The molecule has 1 atom stereocenters. The van der Waals surface area contributed by atoms with Crippen molar-refractivity contribution in [2.75, 3.05) is 10.6 Å². The molecule has 0 saturated carbocycles. The third kappa shape index (κ3) is 5.65. The van der Waals surface area contributed by atoms with E-state index in [1.54, 1.807) is 24.3 Å². The summed E-state index contributed by atoms with van der Waals surface area (Å²) in [6.45, 7) is 9.51. The molecule has 0 aliphatic carbocycles. The highest BCUT2D eigenvalue weighted by Crippen LogP contribution is 2.35. The number of amides is 3. The Balaban J connectivity index is 2.27. The van der Waals surface area contributed by atoms with Gasteiger partial charge in [-0.15, -0.1) is 0 Å². The number of nitrogens with one attached hydrogen (secondary N) is 1. The molecule has 3 amide bonds. The first-order valence-corrected chi connectivity index (χ1v) is 12.2. The van der Waals surface area contributed by atoms with Crippen molar-refractivity contribution in [2.24, 2.45) is 5.73 Å². The predicted octanol–water partition coefficient (Wildman–Crippen LogP) is 3.84. The number of nitrogen functional groups attached to an aromatic ring is 1. The van der Waals surface area contributed by atoms with Crippen molar-refractivity contribution in [3.8, 4) is 5.75 Å². The van der Waals surface area contributed by atoms with Crippen LogP contribution in [0.3, 0.4) is 0 Å². The quantitative estimate of drug-likeness (QED) is 0.362. The number of nitrogens with two attached hydrogens (primary N) is 2. The molecule has 1 aromatic heterocycles. The normalized spacial score (nSPS) is 12.1. The number of anilines is 2. The topological polar surface area (TPSA) is 152 Å². The molecule has 0 bridgehead atoms. The minimum absolute atomic E-state index is 0.00529. The summed E-state index contributed by atoms with van der Waals surface area (Å²) in [5, 5.41) is 12.9. The van der Waals surface area contributed by atoms with Gasteiger partial charge in [0.05, 0.1) is 5.69 Å². The third-order valence-electron chi connectivity index (χ3n) is 5.92. The van der Waals surface area contributed by atoms with E-state index in [4.69, 9.17) is 11.5 Å². The zero-order valence-electron chi connectivity index (χ0n) is 21.0. The van der Waals surface area contributed by atoms with Gasteiger partial charge in [0.15, 0.2) is 5.69 Å². The van der Waals surface area contributed by atoms with Crippen LogP contribution in [0.15, 0.2) is 42.5 Å². The van der Waals surface area contributed by atoms with Gasteiger partial charge in [-0.2, -0.15) is 4.37 Å². The number of hydrogen-bond donors (Lipinski definition) is 4. The Labute approximate surface area is 214 Å². The number of hydrogen-bond acceptors (Lipinski definition) is 7. The van der Waals surface area contributed by atoms with Crippen LogP contribution >= 0.6 is 11.5 Å². The number of benzene rings is 2. The monoisotopic (exact) mass is 509 g/mol. The Kier molecular flexibility index (Phi) is 7.68. The summed E-state index contributed by atoms with van der Waals surface area (Å²) in [6, 6.07) is 10.5. The standard InChI is InChI=1S/C26H31N5O4S/c1-6-26(4,5)29-24(34)21(16-7-9-18(32)10-8-16)31(17-12-14(2)11-15(3)13-17)25(35)22-19(27)20(23(28)33)30-36-22/h7-13,21,32H,6,27H2,1-5H3,(H2,28,33)(H,29,34)/t21-/m1/s1. The van der Waals surface area contributed by atoms with Crippen LogP contribution in [0.4, 0.5) is 11.4 Å². The lowest BCUT2D eigenvalue weighted by Crippen LogP contribution is -2.50. The first kappa shape index (κ1) is 26.7. The van der Waals surface area contributed by atoms with Gasteiger partial charge in [-0.05, 0) is 86.6 Å². The smallest absolute Gasteiger partial charge is 0.273 e. The summed E-state index contributed by atoms with van der Waals surface area (Å²) in [5.74, 6) is -1.85. The predicted molar refractivity (Wildman–Crippen MR) is 141 cm³/mol. The van der Waals surface area contributed by atoms with E-state index in [0.717, 1.165) is 22.7 Å². The van der Waals surface area contributed by atoms with Gasteiger partial charge in [-0.3, -0.25) is 19.3 Å². The van der Waals surface area contributed by atoms with Gasteiger partial charge in [0.2, 0.25) is 5.91 Å². The number of carbonyl (C=O) groups is 3. The first-order valence-electron chi connectivity index (χ1n) is 11.4. The summed E-state index contributed by atoms with van der Waals surface area (Å²) < 4.78 is 3.97. The second-order valence-electron chi connectivity index (χ2n) is 9.38. The Morgan fingerprint density at radius 2 is 1.69 bits per heavy atom. The maximum absolute atomic E-state index is 14.1. The van der Waals surface area contributed by atoms with Crippen LogP contribution in [0.2, 0.25) is 0 Å². The lowest BCUT2D eigenvalue weighted by Gasteiger charge is -2.34. The largest absolute Gasteiger partial charge is 0.508 e. The Bertz CT molecular complexity index is 1280. The van der Waals surface area contributed by atoms with E-state index < -0.39 is 29.3 Å². The number of aromatic nitrogens is 1. The molecular weight excluding hydrogens is 478 g/mol. The molecule has 0 radical (unpaired) electrons. The molecule has 9 nitrogen and oxygen atoms in total. The van der Waals surface area contributed by atoms with Crippen LogP contribution in [-0.2, 0) is 4.79 Å². The van der Waals surface area contributed by atoms with E-state index in [9.17, 15) is 19.5 Å². The van der Waals surface area contributed by atoms with Crippen LogP contribution in [0.25, 0.3) is 0 Å². The molecule has 0 unspecified atom stereocenters. The average molecular weight is 510 g/mol. The van der Waals surface area contributed by atoms with Gasteiger partial charge in [0.1, 0.15) is 16.7 Å². The Hall–Kier alpha value is -3.92. The highest BCUT2D eigenvalue weighted by molar-refractivity contribution is 7.09. The highest BCUT2D eigenvalue weighted by atomic mass is 32.1. The number of rotatable bonds is 8. The van der Waals surface area contributed by atoms with Crippen molar-refractivity contribution in [1.82, 2.24) is 9.69 Å². The Morgan fingerprint density at radius 1 is 1.11 bits per heavy atom. The molecule has 2 aromatic carbocycles. The molecule has 0 aliphatic rings. The minimum Gasteiger partial charge on any atom is -0.508 e. The average Bonchev–Trinajstić information content (AvgIpc) is 3.18. The number of phenols is 1. The highest BCUT2D eigenvalue weighted by Gasteiger charge is 2.37. The molecule has 0 aliphatic heterocycles. The molecule has 190 valence electrons. The molecule has 0 fully saturated rings. The van der Waals surface area contributed by atoms with Crippen LogP contribution in [0.1, 0.15) is 70.1 Å². The molecule has 3 rings (SSSR count). The van der Waals surface area contributed by atoms with Crippen molar-refractivity contribution in [3.05, 3.63) is 69.7 Å². The second-order valence-corrected chi connectivity index (χ2v) is 10.2. The fraction of sp³-hybridized carbons (Fsp3) is 0.308. The van der Waals surface area contributed by atoms with Crippen LogP contribution < -0.4 is 21.7 Å². The maximum Gasteiger partial charge on any atom is 0.273 e. The van der Waals surface area contributed by atoms with E-state index >= 15 is 0 Å². The summed E-state index contributed by atoms with van der Waals surface area (Å²) in [6.07, 6.45) is 0.655. The number of carbonyl (C=O) groups excluding carboxylic acids is 3. The van der Waals surface area contributed by atoms with Crippen molar-refractivity contribution < 1.29 is 19.5 Å². The fourth-order valence-corrected chi connectivity index (χ4v) is 4.52. The van der Waals surface area contributed by atoms with Gasteiger partial charge in [0, 0.05) is 11.2 Å². The number of nitrogens with zero attached hydrogens (tertiary/aromatic N) is 2. The summed E-state index contributed by atoms with van der Waals surface area (Å²) >= 11 is 0.750. The summed E-state index contributed by atoms with van der Waals surface area (Å²) in [7, 11) is 0. The maximum atomic E-state index is 14.1. The van der Waals surface area contributed by atoms with Crippen molar-refractivity contribution in [1.29, 1.82) is 0 Å². The molecule has 36 heavy (non-hydrogen) atoms. The van der Waals surface area contributed by atoms with E-state index in [1.807, 2.05) is 40.7 Å². The van der Waals surface area contributed by atoms with E-state index in [0.29, 0.717) is 17.7 Å². The zero-order valence-corrected chi connectivity index (χ0v) is 21.8.